The number of aryl methyl sites for hydroxylation is 2. The van der Waals surface area contributed by atoms with Crippen molar-refractivity contribution in [3.8, 4) is 11.3 Å². The lowest BCUT2D eigenvalue weighted by atomic mass is 9.99. The third kappa shape index (κ3) is 4.04. The number of nitrogens with one attached hydrogen (secondary N) is 1. The summed E-state index contributed by atoms with van der Waals surface area (Å²) < 4.78 is 0.854. The van der Waals surface area contributed by atoms with Crippen LogP contribution in [-0.2, 0) is 0 Å². The predicted octanol–water partition coefficient (Wildman–Crippen LogP) is 7.19. The highest BCUT2D eigenvalue weighted by molar-refractivity contribution is 9.10. The Kier molecular flexibility index (Phi) is 5.39. The van der Waals surface area contributed by atoms with Crippen LogP contribution < -0.4 is 5.32 Å². The Balaban J connectivity index is 1.88. The topological polar surface area (TPSA) is 42.0 Å². The summed E-state index contributed by atoms with van der Waals surface area (Å²) in [4.78, 5) is 18.1. The number of rotatable bonds is 3. The number of halogens is 2. The number of hydrogen-bond acceptors (Lipinski definition) is 2. The monoisotopic (exact) mass is 464 g/mol. The minimum absolute atomic E-state index is 0.219. The van der Waals surface area contributed by atoms with Gasteiger partial charge in [-0.05, 0) is 49.7 Å². The van der Waals surface area contributed by atoms with Gasteiger partial charge < -0.3 is 5.32 Å². The molecule has 0 aliphatic carbocycles. The molecule has 0 unspecified atom stereocenters. The van der Waals surface area contributed by atoms with Gasteiger partial charge in [-0.15, -0.1) is 0 Å². The molecule has 3 aromatic carbocycles. The summed E-state index contributed by atoms with van der Waals surface area (Å²) in [6.45, 7) is 4.04. The first-order valence-corrected chi connectivity index (χ1v) is 10.3. The highest BCUT2D eigenvalue weighted by Crippen LogP contribution is 2.30. The van der Waals surface area contributed by atoms with Gasteiger partial charge in [0.25, 0.3) is 5.91 Å². The average molecular weight is 466 g/mol. The fourth-order valence-corrected chi connectivity index (χ4v) is 4.13. The molecule has 0 saturated heterocycles. The minimum atomic E-state index is -0.219. The number of anilines is 1. The number of fused-ring (bicyclic) bond motifs is 1. The van der Waals surface area contributed by atoms with Crippen molar-refractivity contribution in [3.63, 3.8) is 0 Å². The molecule has 1 heterocycles. The maximum atomic E-state index is 13.3. The van der Waals surface area contributed by atoms with Crippen LogP contribution in [0.4, 0.5) is 5.69 Å². The van der Waals surface area contributed by atoms with Crippen LogP contribution in [0.1, 0.15) is 21.5 Å². The van der Waals surface area contributed by atoms with Crippen LogP contribution in [0.25, 0.3) is 22.2 Å². The molecule has 3 nitrogen and oxygen atoms in total. The second-order valence-corrected chi connectivity index (χ2v) is 8.30. The summed E-state index contributed by atoms with van der Waals surface area (Å²) in [5.41, 5.74) is 5.80. The molecule has 144 valence electrons. The van der Waals surface area contributed by atoms with Crippen molar-refractivity contribution in [2.75, 3.05) is 5.32 Å². The van der Waals surface area contributed by atoms with Crippen LogP contribution >= 0.6 is 27.5 Å². The molecule has 5 heteroatoms. The molecule has 0 atom stereocenters. The molecule has 0 fully saturated rings. The molecule has 4 aromatic rings. The molecule has 1 aromatic heterocycles. The molecule has 0 radical (unpaired) electrons. The Morgan fingerprint density at radius 3 is 2.48 bits per heavy atom. The smallest absolute Gasteiger partial charge is 0.256 e. The van der Waals surface area contributed by atoms with Crippen LogP contribution in [-0.4, -0.2) is 10.9 Å². The van der Waals surface area contributed by atoms with Crippen molar-refractivity contribution in [2.24, 2.45) is 0 Å². The van der Waals surface area contributed by atoms with Crippen LogP contribution in [0.2, 0.25) is 5.02 Å². The largest absolute Gasteiger partial charge is 0.321 e. The summed E-state index contributed by atoms with van der Waals surface area (Å²) in [5.74, 6) is -0.219. The molecule has 0 aliphatic rings. The van der Waals surface area contributed by atoms with Crippen LogP contribution in [0.5, 0.6) is 0 Å². The molecule has 29 heavy (non-hydrogen) atoms. The first-order valence-electron chi connectivity index (χ1n) is 9.16. The Morgan fingerprint density at radius 2 is 1.76 bits per heavy atom. The van der Waals surface area contributed by atoms with E-state index in [1.165, 1.54) is 0 Å². The molecule has 1 N–H and O–H groups in total. The van der Waals surface area contributed by atoms with E-state index in [1.54, 1.807) is 12.1 Å². The third-order valence-corrected chi connectivity index (χ3v) is 5.55. The van der Waals surface area contributed by atoms with Gasteiger partial charge in [0.2, 0.25) is 0 Å². The number of amides is 1. The quantitative estimate of drug-likeness (QED) is 0.348. The average Bonchev–Trinajstić information content (AvgIpc) is 2.70. The maximum Gasteiger partial charge on any atom is 0.256 e. The van der Waals surface area contributed by atoms with E-state index < -0.39 is 0 Å². The normalized spacial score (nSPS) is 10.9. The van der Waals surface area contributed by atoms with Gasteiger partial charge in [-0.3, -0.25) is 4.79 Å². The zero-order valence-electron chi connectivity index (χ0n) is 16.0. The van der Waals surface area contributed by atoms with E-state index in [4.69, 9.17) is 16.6 Å². The summed E-state index contributed by atoms with van der Waals surface area (Å²) in [7, 11) is 0. The summed E-state index contributed by atoms with van der Waals surface area (Å²) in [5, 5.41) is 4.24. The van der Waals surface area contributed by atoms with Crippen LogP contribution in [0.15, 0.2) is 71.2 Å². The summed E-state index contributed by atoms with van der Waals surface area (Å²) in [6, 6.07) is 21.2. The van der Waals surface area contributed by atoms with E-state index >= 15 is 0 Å². The molecule has 0 bridgehead atoms. The fraction of sp³-hybridized carbons (Fsp3) is 0.0833. The number of hydrogen-bond donors (Lipinski definition) is 1. The lowest BCUT2D eigenvalue weighted by molar-refractivity contribution is 0.102. The summed E-state index contributed by atoms with van der Waals surface area (Å²) in [6.07, 6.45) is 0. The van der Waals surface area contributed by atoms with Crippen LogP contribution in [0, 0.1) is 13.8 Å². The van der Waals surface area contributed by atoms with Gasteiger partial charge in [0.05, 0.1) is 27.5 Å². The van der Waals surface area contributed by atoms with Crippen molar-refractivity contribution in [3.05, 3.63) is 92.9 Å². The van der Waals surface area contributed by atoms with Crippen molar-refractivity contribution < 1.29 is 4.79 Å². The van der Waals surface area contributed by atoms with Gasteiger partial charge in [-0.25, -0.2) is 4.98 Å². The molecule has 0 spiro atoms. The van der Waals surface area contributed by atoms with E-state index in [0.717, 1.165) is 37.8 Å². The summed E-state index contributed by atoms with van der Waals surface area (Å²) >= 11 is 9.69. The maximum absolute atomic E-state index is 13.3. The number of carbonyl (C=O) groups is 1. The highest BCUT2D eigenvalue weighted by Gasteiger charge is 2.17. The van der Waals surface area contributed by atoms with Gasteiger partial charge in [-0.1, -0.05) is 69.5 Å². The van der Waals surface area contributed by atoms with E-state index in [1.807, 2.05) is 62.4 Å². The number of benzene rings is 3. The van der Waals surface area contributed by atoms with Gasteiger partial charge in [0, 0.05) is 15.4 Å². The lowest BCUT2D eigenvalue weighted by Crippen LogP contribution is -2.13. The van der Waals surface area contributed by atoms with Gasteiger partial charge in [-0.2, -0.15) is 0 Å². The van der Waals surface area contributed by atoms with E-state index in [0.29, 0.717) is 16.3 Å². The Morgan fingerprint density at radius 1 is 1.00 bits per heavy atom. The zero-order valence-corrected chi connectivity index (χ0v) is 18.3. The van der Waals surface area contributed by atoms with Gasteiger partial charge in [0.1, 0.15) is 0 Å². The molecular formula is C24H18BrClN2O. The predicted molar refractivity (Wildman–Crippen MR) is 124 cm³/mol. The van der Waals surface area contributed by atoms with Crippen LogP contribution in [0.3, 0.4) is 0 Å². The molecule has 0 aliphatic heterocycles. The lowest BCUT2D eigenvalue weighted by Gasteiger charge is -2.13. The number of nitrogens with zero attached hydrogens (tertiary/aromatic N) is 1. The Labute approximate surface area is 182 Å². The van der Waals surface area contributed by atoms with Crippen molar-refractivity contribution in [1.82, 2.24) is 4.98 Å². The number of pyridine rings is 1. The molecule has 4 rings (SSSR count). The van der Waals surface area contributed by atoms with Crippen molar-refractivity contribution >= 4 is 50.0 Å². The molecule has 0 saturated carbocycles. The Bertz CT molecular complexity index is 1240. The SMILES string of the molecule is Cc1cc(C)c2nc(-c3ccccc3)cc(C(=O)Nc3ccc(Br)cc3Cl)c2c1. The van der Waals surface area contributed by atoms with E-state index in [9.17, 15) is 4.79 Å². The molecule has 1 amide bonds. The zero-order chi connectivity index (χ0) is 20.5. The van der Waals surface area contributed by atoms with E-state index in [2.05, 4.69) is 27.3 Å². The van der Waals surface area contributed by atoms with Gasteiger partial charge >= 0.3 is 0 Å². The van der Waals surface area contributed by atoms with Gasteiger partial charge in [0.15, 0.2) is 0 Å². The minimum Gasteiger partial charge on any atom is -0.321 e. The molecular weight excluding hydrogens is 448 g/mol. The third-order valence-electron chi connectivity index (χ3n) is 4.74. The first kappa shape index (κ1) is 19.6. The number of carbonyl (C=O) groups excluding carboxylic acids is 1. The second-order valence-electron chi connectivity index (χ2n) is 6.98. The van der Waals surface area contributed by atoms with Crippen molar-refractivity contribution in [2.45, 2.75) is 13.8 Å². The standard InChI is InChI=1S/C24H18BrClN2O/c1-14-10-15(2)23-18(11-14)19(13-22(27-23)16-6-4-3-5-7-16)24(29)28-21-9-8-17(25)12-20(21)26/h3-13H,1-2H3,(H,28,29). The fourth-order valence-electron chi connectivity index (χ4n) is 3.41. The number of aromatic nitrogens is 1. The van der Waals surface area contributed by atoms with Crippen molar-refractivity contribution in [1.29, 1.82) is 0 Å². The first-order chi connectivity index (χ1) is 13.9. The Hall–Kier alpha value is -2.69. The highest BCUT2D eigenvalue weighted by atomic mass is 79.9. The van der Waals surface area contributed by atoms with E-state index in [-0.39, 0.29) is 5.91 Å². The second kappa shape index (κ2) is 7.97.